The number of nitrogens with zero attached hydrogens (tertiary/aromatic N) is 2. The lowest BCUT2D eigenvalue weighted by atomic mass is 9.83. The number of piperidine rings is 1. The molecule has 4 nitrogen and oxygen atoms in total. The van der Waals surface area contributed by atoms with E-state index in [1.807, 2.05) is 30.3 Å². The Kier molecular flexibility index (Phi) is 5.79. The van der Waals surface area contributed by atoms with Crippen LogP contribution in [0.4, 0.5) is 10.1 Å². The Morgan fingerprint density at radius 3 is 2.45 bits per heavy atom. The van der Waals surface area contributed by atoms with E-state index in [9.17, 15) is 9.50 Å². The molecule has 0 aliphatic carbocycles. The molecule has 5 heteroatoms. The number of benzene rings is 2. The van der Waals surface area contributed by atoms with Gasteiger partial charge in [-0.3, -0.25) is 4.90 Å². The predicted octanol–water partition coefficient (Wildman–Crippen LogP) is 4.23. The summed E-state index contributed by atoms with van der Waals surface area (Å²) in [6.07, 6.45) is 3.56. The van der Waals surface area contributed by atoms with Crippen LogP contribution in [0.15, 0.2) is 36.4 Å². The Balaban J connectivity index is 1.44. The molecule has 2 aromatic carbocycles. The molecule has 29 heavy (non-hydrogen) atoms. The van der Waals surface area contributed by atoms with Crippen molar-refractivity contribution in [3.05, 3.63) is 58.9 Å². The number of hydrogen-bond acceptors (Lipinski definition) is 4. The Bertz CT molecular complexity index is 856. The summed E-state index contributed by atoms with van der Waals surface area (Å²) >= 11 is 0. The number of methoxy groups -OCH3 is 1. The molecule has 0 amide bonds. The van der Waals surface area contributed by atoms with Gasteiger partial charge >= 0.3 is 0 Å². The van der Waals surface area contributed by atoms with Crippen molar-refractivity contribution in [2.45, 2.75) is 44.8 Å². The fourth-order valence-electron chi connectivity index (χ4n) is 4.70. The van der Waals surface area contributed by atoms with Crippen molar-refractivity contribution >= 4 is 5.69 Å². The van der Waals surface area contributed by atoms with E-state index < -0.39 is 5.60 Å². The summed E-state index contributed by atoms with van der Waals surface area (Å²) in [5.41, 5.74) is 2.91. The number of rotatable bonds is 5. The van der Waals surface area contributed by atoms with Crippen LogP contribution in [-0.4, -0.2) is 43.3 Å². The van der Waals surface area contributed by atoms with Crippen molar-refractivity contribution in [2.24, 2.45) is 0 Å². The Morgan fingerprint density at radius 2 is 1.76 bits per heavy atom. The van der Waals surface area contributed by atoms with Gasteiger partial charge in [-0.2, -0.15) is 0 Å². The minimum atomic E-state index is -0.872. The van der Waals surface area contributed by atoms with Crippen LogP contribution in [0.5, 0.6) is 5.75 Å². The van der Waals surface area contributed by atoms with E-state index in [2.05, 4.69) is 16.7 Å². The van der Waals surface area contributed by atoms with Crippen LogP contribution in [0.25, 0.3) is 0 Å². The molecule has 4 rings (SSSR count). The van der Waals surface area contributed by atoms with Crippen molar-refractivity contribution in [1.82, 2.24) is 4.90 Å². The van der Waals surface area contributed by atoms with Crippen LogP contribution in [0.3, 0.4) is 0 Å². The van der Waals surface area contributed by atoms with E-state index in [-0.39, 0.29) is 5.82 Å². The highest BCUT2D eigenvalue weighted by Crippen LogP contribution is 2.38. The van der Waals surface area contributed by atoms with Crippen LogP contribution in [0.1, 0.15) is 42.4 Å². The molecule has 0 atom stereocenters. The van der Waals surface area contributed by atoms with E-state index in [1.165, 1.54) is 0 Å². The van der Waals surface area contributed by atoms with E-state index in [4.69, 9.17) is 4.74 Å². The number of likely N-dealkylation sites (tertiary alicyclic amines) is 1. The molecule has 2 saturated heterocycles. The topological polar surface area (TPSA) is 35.9 Å². The third kappa shape index (κ3) is 4.12. The highest BCUT2D eigenvalue weighted by molar-refractivity contribution is 5.53. The maximum atomic E-state index is 14.7. The second-order valence-corrected chi connectivity index (χ2v) is 8.43. The van der Waals surface area contributed by atoms with Crippen molar-refractivity contribution < 1.29 is 14.2 Å². The van der Waals surface area contributed by atoms with Gasteiger partial charge in [0.15, 0.2) is 0 Å². The van der Waals surface area contributed by atoms with Crippen molar-refractivity contribution in [3.63, 3.8) is 0 Å². The van der Waals surface area contributed by atoms with Gasteiger partial charge in [-0.25, -0.2) is 4.39 Å². The van der Waals surface area contributed by atoms with Gasteiger partial charge in [0.05, 0.1) is 18.4 Å². The van der Waals surface area contributed by atoms with Crippen LogP contribution >= 0.6 is 0 Å². The molecule has 0 spiro atoms. The smallest absolute Gasteiger partial charge is 0.146 e. The second-order valence-electron chi connectivity index (χ2n) is 8.43. The summed E-state index contributed by atoms with van der Waals surface area (Å²) in [4.78, 5) is 4.46. The number of para-hydroxylation sites is 1. The van der Waals surface area contributed by atoms with E-state index >= 15 is 0 Å². The Hall–Kier alpha value is -2.11. The van der Waals surface area contributed by atoms with E-state index in [0.717, 1.165) is 67.1 Å². The van der Waals surface area contributed by atoms with Gasteiger partial charge in [-0.15, -0.1) is 0 Å². The molecule has 2 heterocycles. The minimum absolute atomic E-state index is 0.116. The van der Waals surface area contributed by atoms with E-state index in [1.54, 1.807) is 13.2 Å². The van der Waals surface area contributed by atoms with Gasteiger partial charge in [-0.05, 0) is 61.9 Å². The molecule has 156 valence electrons. The second kappa shape index (κ2) is 8.33. The normalized spacial score (nSPS) is 19.5. The highest BCUT2D eigenvalue weighted by Gasteiger charge is 2.36. The van der Waals surface area contributed by atoms with Crippen LogP contribution in [0.2, 0.25) is 0 Å². The lowest BCUT2D eigenvalue weighted by molar-refractivity contribution is -0.0292. The third-order valence-electron chi connectivity index (χ3n) is 6.54. The fraction of sp³-hybridized carbons (Fsp3) is 0.500. The van der Waals surface area contributed by atoms with Gasteiger partial charge in [0.1, 0.15) is 11.6 Å². The van der Waals surface area contributed by atoms with Crippen molar-refractivity contribution in [3.8, 4) is 5.75 Å². The highest BCUT2D eigenvalue weighted by atomic mass is 19.1. The Morgan fingerprint density at radius 1 is 1.07 bits per heavy atom. The van der Waals surface area contributed by atoms with E-state index in [0.29, 0.717) is 19.4 Å². The number of halogens is 1. The maximum Gasteiger partial charge on any atom is 0.146 e. The molecule has 2 aliphatic rings. The van der Waals surface area contributed by atoms with Crippen LogP contribution in [-0.2, 0) is 12.1 Å². The first kappa shape index (κ1) is 20.2. The third-order valence-corrected chi connectivity index (χ3v) is 6.54. The van der Waals surface area contributed by atoms with Gasteiger partial charge in [-0.1, -0.05) is 18.2 Å². The first-order valence-corrected chi connectivity index (χ1v) is 10.6. The number of ether oxygens (including phenoxy) is 1. The molecule has 1 N–H and O–H groups in total. The first-order chi connectivity index (χ1) is 14.0. The summed E-state index contributed by atoms with van der Waals surface area (Å²) in [6, 6.07) is 11.4. The molecule has 2 aromatic rings. The molecule has 0 unspecified atom stereocenters. The van der Waals surface area contributed by atoms with Gasteiger partial charge in [0, 0.05) is 38.3 Å². The molecule has 0 radical (unpaired) electrons. The molecule has 0 bridgehead atoms. The zero-order chi connectivity index (χ0) is 20.4. The average molecular weight is 399 g/mol. The summed E-state index contributed by atoms with van der Waals surface area (Å²) in [7, 11) is 1.64. The monoisotopic (exact) mass is 398 g/mol. The molecule has 0 saturated carbocycles. The molecule has 2 aliphatic heterocycles. The largest absolute Gasteiger partial charge is 0.496 e. The summed E-state index contributed by atoms with van der Waals surface area (Å²) in [6.45, 7) is 6.22. The molecular weight excluding hydrogens is 367 g/mol. The molecular formula is C24H31FN2O2. The van der Waals surface area contributed by atoms with Gasteiger partial charge in [0.2, 0.25) is 0 Å². The standard InChI is InChI=1S/C24H31FN2O2/c1-18-15-22(27-11-5-6-12-27)21(25)16-19(18)17-26-13-9-24(28,10-14-26)20-7-3-4-8-23(20)29-2/h3-4,7-8,15-16,28H,5-6,9-14,17H2,1-2H3. The zero-order valence-corrected chi connectivity index (χ0v) is 17.5. The van der Waals surface area contributed by atoms with Crippen molar-refractivity contribution in [2.75, 3.05) is 38.2 Å². The average Bonchev–Trinajstić information content (AvgIpc) is 3.27. The van der Waals surface area contributed by atoms with Gasteiger partial charge < -0.3 is 14.7 Å². The number of hydrogen-bond donors (Lipinski definition) is 1. The van der Waals surface area contributed by atoms with Gasteiger partial charge in [0.25, 0.3) is 0 Å². The van der Waals surface area contributed by atoms with Crippen molar-refractivity contribution in [1.29, 1.82) is 0 Å². The molecule has 2 fully saturated rings. The number of aryl methyl sites for hydroxylation is 1. The van der Waals surface area contributed by atoms with Crippen LogP contribution in [0, 0.1) is 12.7 Å². The lowest BCUT2D eigenvalue weighted by Crippen LogP contribution is -2.42. The summed E-state index contributed by atoms with van der Waals surface area (Å²) < 4.78 is 20.2. The Labute approximate surface area is 172 Å². The zero-order valence-electron chi connectivity index (χ0n) is 17.5. The first-order valence-electron chi connectivity index (χ1n) is 10.6. The number of aliphatic hydroxyl groups is 1. The maximum absolute atomic E-state index is 14.7. The van der Waals surface area contributed by atoms with Crippen LogP contribution < -0.4 is 9.64 Å². The summed E-state index contributed by atoms with van der Waals surface area (Å²) in [5, 5.41) is 11.2. The quantitative estimate of drug-likeness (QED) is 0.818. The predicted molar refractivity (Wildman–Crippen MR) is 114 cm³/mol. The SMILES string of the molecule is COc1ccccc1C1(O)CCN(Cc2cc(F)c(N3CCCC3)cc2C)CC1. The molecule has 0 aromatic heterocycles. The lowest BCUT2D eigenvalue weighted by Gasteiger charge is -2.39. The fourth-order valence-corrected chi connectivity index (χ4v) is 4.70. The summed E-state index contributed by atoms with van der Waals surface area (Å²) in [5.74, 6) is 0.619. The number of anilines is 1. The minimum Gasteiger partial charge on any atom is -0.496 e.